The van der Waals surface area contributed by atoms with Crippen molar-refractivity contribution in [1.82, 2.24) is 9.97 Å². The Morgan fingerprint density at radius 3 is 2.52 bits per heavy atom. The molecule has 0 amide bonds. The van der Waals surface area contributed by atoms with Crippen molar-refractivity contribution in [2.75, 3.05) is 7.11 Å². The van der Waals surface area contributed by atoms with Gasteiger partial charge < -0.3 is 14.8 Å². The van der Waals surface area contributed by atoms with Crippen LogP contribution in [0.4, 0.5) is 0 Å². The second-order valence-corrected chi connectivity index (χ2v) is 5.51. The smallest absolute Gasteiger partial charge is 0.262 e. The lowest BCUT2D eigenvalue weighted by molar-refractivity contribution is 0.0764. The Morgan fingerprint density at radius 1 is 1.33 bits per heavy atom. The minimum Gasteiger partial charge on any atom is -0.493 e. The Morgan fingerprint density at radius 2 is 2.00 bits per heavy atom. The van der Waals surface area contributed by atoms with Crippen molar-refractivity contribution in [2.45, 2.75) is 25.9 Å². The number of aromatic amines is 1. The van der Waals surface area contributed by atoms with E-state index in [1.807, 2.05) is 19.1 Å². The van der Waals surface area contributed by atoms with Gasteiger partial charge in [-0.25, -0.2) is 0 Å². The fourth-order valence-electron chi connectivity index (χ4n) is 2.52. The summed E-state index contributed by atoms with van der Waals surface area (Å²) in [7, 11) is 1.59. The van der Waals surface area contributed by atoms with Crippen molar-refractivity contribution in [1.29, 1.82) is 0 Å². The summed E-state index contributed by atoms with van der Waals surface area (Å²) in [6.07, 6.45) is 1.86. The van der Waals surface area contributed by atoms with E-state index in [2.05, 4.69) is 9.97 Å². The maximum atomic E-state index is 12.3. The van der Waals surface area contributed by atoms with E-state index in [0.717, 1.165) is 18.4 Å². The summed E-state index contributed by atoms with van der Waals surface area (Å²) in [5.41, 5.74) is 1.60. The van der Waals surface area contributed by atoms with Gasteiger partial charge in [-0.05, 0) is 31.2 Å². The van der Waals surface area contributed by atoms with Crippen LogP contribution in [0.15, 0.2) is 29.1 Å². The number of nitrogens with zero attached hydrogens (tertiary/aromatic N) is 1. The van der Waals surface area contributed by atoms with Gasteiger partial charge in [0.25, 0.3) is 5.56 Å². The maximum Gasteiger partial charge on any atom is 0.262 e. The highest BCUT2D eigenvalue weighted by Crippen LogP contribution is 2.42. The fraction of sp³-hybridized carbons (Fsp3) is 0.375. The Kier molecular flexibility index (Phi) is 3.51. The number of hydrogen-bond donors (Lipinski definition) is 2. The molecule has 5 heteroatoms. The highest BCUT2D eigenvalue weighted by atomic mass is 16.5. The van der Waals surface area contributed by atoms with Crippen LogP contribution in [0.25, 0.3) is 11.1 Å². The van der Waals surface area contributed by atoms with Gasteiger partial charge in [-0.3, -0.25) is 4.79 Å². The lowest BCUT2D eigenvalue weighted by atomic mass is 10.1. The summed E-state index contributed by atoms with van der Waals surface area (Å²) in [6, 6.07) is 7.39. The SMILES string of the molecule is COC(c1nc(O)c(-c2ccc(C)cc2)c(=O)[nH]1)C1CC1. The number of aromatic hydroxyl groups is 1. The molecule has 0 radical (unpaired) electrons. The van der Waals surface area contributed by atoms with E-state index in [1.165, 1.54) is 0 Å². The molecule has 1 atom stereocenters. The van der Waals surface area contributed by atoms with E-state index < -0.39 is 0 Å². The van der Waals surface area contributed by atoms with Crippen LogP contribution < -0.4 is 5.56 Å². The molecule has 0 aliphatic heterocycles. The minimum absolute atomic E-state index is 0.199. The summed E-state index contributed by atoms with van der Waals surface area (Å²) < 4.78 is 5.39. The van der Waals surface area contributed by atoms with Crippen molar-refractivity contribution < 1.29 is 9.84 Å². The molecule has 2 aromatic rings. The first-order valence-electron chi connectivity index (χ1n) is 7.03. The standard InChI is InChI=1S/C16H18N2O3/c1-9-3-5-10(6-4-9)12-15(19)17-14(18-16(12)20)13(21-2)11-7-8-11/h3-6,11,13H,7-8H2,1-2H3,(H2,17,18,19,20). The van der Waals surface area contributed by atoms with Crippen LogP contribution in [0.1, 0.15) is 30.3 Å². The molecular formula is C16H18N2O3. The van der Waals surface area contributed by atoms with E-state index in [4.69, 9.17) is 4.74 Å². The van der Waals surface area contributed by atoms with E-state index in [9.17, 15) is 9.90 Å². The van der Waals surface area contributed by atoms with E-state index in [0.29, 0.717) is 17.3 Å². The molecule has 1 aliphatic rings. The third kappa shape index (κ3) is 2.69. The molecule has 1 unspecified atom stereocenters. The fourth-order valence-corrected chi connectivity index (χ4v) is 2.52. The molecule has 0 saturated heterocycles. The molecule has 0 spiro atoms. The number of methoxy groups -OCH3 is 1. The number of hydrogen-bond acceptors (Lipinski definition) is 4. The molecule has 1 aromatic carbocycles. The first-order chi connectivity index (χ1) is 10.1. The summed E-state index contributed by atoms with van der Waals surface area (Å²) in [5, 5.41) is 10.2. The quantitative estimate of drug-likeness (QED) is 0.905. The number of benzene rings is 1. The second kappa shape index (κ2) is 5.33. The highest BCUT2D eigenvalue weighted by Gasteiger charge is 2.34. The van der Waals surface area contributed by atoms with Crippen LogP contribution in [-0.4, -0.2) is 22.2 Å². The maximum absolute atomic E-state index is 12.3. The summed E-state index contributed by atoms with van der Waals surface area (Å²) >= 11 is 0. The third-order valence-corrected chi connectivity index (χ3v) is 3.83. The van der Waals surface area contributed by atoms with Crippen molar-refractivity contribution in [2.24, 2.45) is 5.92 Å². The first kappa shape index (κ1) is 13.8. The predicted molar refractivity (Wildman–Crippen MR) is 79.2 cm³/mol. The molecule has 1 aromatic heterocycles. The summed E-state index contributed by atoms with van der Waals surface area (Å²) in [4.78, 5) is 19.2. The zero-order valence-electron chi connectivity index (χ0n) is 12.1. The Labute approximate surface area is 122 Å². The Bertz CT molecular complexity index is 702. The number of nitrogens with one attached hydrogen (secondary N) is 1. The highest BCUT2D eigenvalue weighted by molar-refractivity contribution is 5.67. The van der Waals surface area contributed by atoms with E-state index >= 15 is 0 Å². The van der Waals surface area contributed by atoms with Gasteiger partial charge in [-0.2, -0.15) is 4.98 Å². The lowest BCUT2D eigenvalue weighted by Gasteiger charge is -2.14. The van der Waals surface area contributed by atoms with Crippen LogP contribution in [0, 0.1) is 12.8 Å². The van der Waals surface area contributed by atoms with Gasteiger partial charge in [-0.1, -0.05) is 29.8 Å². The van der Waals surface area contributed by atoms with Crippen LogP contribution in [0.5, 0.6) is 5.88 Å². The number of aryl methyl sites for hydroxylation is 1. The molecule has 110 valence electrons. The monoisotopic (exact) mass is 286 g/mol. The average Bonchev–Trinajstić information content (AvgIpc) is 3.26. The number of ether oxygens (including phenoxy) is 1. The third-order valence-electron chi connectivity index (χ3n) is 3.83. The van der Waals surface area contributed by atoms with Gasteiger partial charge in [0.2, 0.25) is 5.88 Å². The molecule has 21 heavy (non-hydrogen) atoms. The van der Waals surface area contributed by atoms with Crippen molar-refractivity contribution in [3.8, 4) is 17.0 Å². The van der Waals surface area contributed by atoms with Crippen LogP contribution >= 0.6 is 0 Å². The largest absolute Gasteiger partial charge is 0.493 e. The summed E-state index contributed by atoms with van der Waals surface area (Å²) in [5.74, 6) is 0.529. The topological polar surface area (TPSA) is 75.2 Å². The number of H-pyrrole nitrogens is 1. The predicted octanol–water partition coefficient (Wildman–Crippen LogP) is 2.55. The van der Waals surface area contributed by atoms with Gasteiger partial charge in [-0.15, -0.1) is 0 Å². The molecule has 1 aliphatic carbocycles. The molecule has 5 nitrogen and oxygen atoms in total. The summed E-state index contributed by atoms with van der Waals surface area (Å²) in [6.45, 7) is 1.97. The van der Waals surface area contributed by atoms with E-state index in [1.54, 1.807) is 19.2 Å². The molecule has 2 N–H and O–H groups in total. The normalized spacial score (nSPS) is 15.9. The van der Waals surface area contributed by atoms with Gasteiger partial charge in [0.15, 0.2) is 0 Å². The van der Waals surface area contributed by atoms with Crippen LogP contribution in [0.3, 0.4) is 0 Å². The van der Waals surface area contributed by atoms with Crippen LogP contribution in [-0.2, 0) is 4.74 Å². The number of rotatable bonds is 4. The molecule has 0 bridgehead atoms. The van der Waals surface area contributed by atoms with Gasteiger partial charge in [0.1, 0.15) is 17.5 Å². The van der Waals surface area contributed by atoms with Gasteiger partial charge in [0.05, 0.1) is 0 Å². The Balaban J connectivity index is 2.03. The number of aromatic nitrogens is 2. The molecule has 1 saturated carbocycles. The zero-order chi connectivity index (χ0) is 15.0. The van der Waals surface area contributed by atoms with Crippen molar-refractivity contribution in [3.05, 3.63) is 46.0 Å². The first-order valence-corrected chi connectivity index (χ1v) is 7.03. The van der Waals surface area contributed by atoms with Gasteiger partial charge >= 0.3 is 0 Å². The minimum atomic E-state index is -0.343. The Hall–Kier alpha value is -2.14. The van der Waals surface area contributed by atoms with Gasteiger partial charge in [0, 0.05) is 7.11 Å². The molecule has 3 rings (SSSR count). The van der Waals surface area contributed by atoms with E-state index in [-0.39, 0.29) is 23.1 Å². The molecule has 1 heterocycles. The zero-order valence-corrected chi connectivity index (χ0v) is 12.1. The van der Waals surface area contributed by atoms with Crippen molar-refractivity contribution in [3.63, 3.8) is 0 Å². The molecular weight excluding hydrogens is 268 g/mol. The average molecular weight is 286 g/mol. The van der Waals surface area contributed by atoms with Crippen LogP contribution in [0.2, 0.25) is 0 Å². The van der Waals surface area contributed by atoms with Crippen molar-refractivity contribution >= 4 is 0 Å². The second-order valence-electron chi connectivity index (χ2n) is 5.51. The molecule has 1 fully saturated rings. The lowest BCUT2D eigenvalue weighted by Crippen LogP contribution is -2.18.